The van der Waals surface area contributed by atoms with Gasteiger partial charge in [0.25, 0.3) is 0 Å². The number of aromatic nitrogens is 2. The van der Waals surface area contributed by atoms with E-state index in [4.69, 9.17) is 15.3 Å². The van der Waals surface area contributed by atoms with Crippen molar-refractivity contribution >= 4 is 12.2 Å². The number of hydrogen-bond acceptors (Lipinski definition) is 7. The number of nitrogens with two attached hydrogens (primary N) is 1. The van der Waals surface area contributed by atoms with Crippen molar-refractivity contribution in [3.63, 3.8) is 0 Å². The summed E-state index contributed by atoms with van der Waals surface area (Å²) in [6.07, 6.45) is 0.415. The Morgan fingerprint density at radius 2 is 2.25 bits per heavy atom. The number of amides is 1. The number of ether oxygens (including phenoxy) is 1. The molecule has 0 spiro atoms. The second-order valence-corrected chi connectivity index (χ2v) is 7.84. The van der Waals surface area contributed by atoms with Crippen LogP contribution in [-0.2, 0) is 34.0 Å². The van der Waals surface area contributed by atoms with E-state index in [-0.39, 0.29) is 17.4 Å². The molecule has 0 aliphatic carbocycles. The van der Waals surface area contributed by atoms with Gasteiger partial charge in [0.2, 0.25) is 12.2 Å². The molecule has 0 saturated carbocycles. The van der Waals surface area contributed by atoms with Crippen molar-refractivity contribution in [1.29, 1.82) is 0 Å². The minimum atomic E-state index is -0.691. The van der Waals surface area contributed by atoms with Crippen LogP contribution in [0.1, 0.15) is 42.2 Å². The lowest BCUT2D eigenvalue weighted by atomic mass is 9.93. The molecule has 2 aliphatic rings. The number of carbonyl (C=O) groups is 1. The van der Waals surface area contributed by atoms with Gasteiger partial charge < -0.3 is 25.2 Å². The van der Waals surface area contributed by atoms with Gasteiger partial charge in [-0.05, 0) is 31.5 Å². The molecule has 3 heterocycles. The molecule has 2 aromatic rings. The van der Waals surface area contributed by atoms with Crippen LogP contribution >= 0.6 is 0 Å². The largest absolute Gasteiger partial charge is 0.397 e. The maximum atomic E-state index is 14.2. The first-order valence-electron chi connectivity index (χ1n) is 10.4. The Balaban J connectivity index is 1.48. The van der Waals surface area contributed by atoms with Crippen LogP contribution in [0, 0.1) is 11.6 Å². The Morgan fingerprint density at radius 1 is 1.44 bits per heavy atom. The van der Waals surface area contributed by atoms with E-state index in [2.05, 4.69) is 20.4 Å². The lowest BCUT2D eigenvalue weighted by molar-refractivity contribution is -0.108. The molecule has 11 heteroatoms. The Kier molecular flexibility index (Phi) is 6.49. The van der Waals surface area contributed by atoms with Gasteiger partial charge in [-0.15, -0.1) is 0 Å². The van der Waals surface area contributed by atoms with Crippen LogP contribution in [0.3, 0.4) is 0 Å². The third-order valence-corrected chi connectivity index (χ3v) is 5.95. The van der Waals surface area contributed by atoms with Crippen LogP contribution in [-0.4, -0.2) is 52.5 Å². The Bertz CT molecular complexity index is 1030. The normalized spacial score (nSPS) is 23.8. The van der Waals surface area contributed by atoms with Gasteiger partial charge in [0.1, 0.15) is 24.8 Å². The zero-order chi connectivity index (χ0) is 22.8. The number of rotatable bonds is 6. The summed E-state index contributed by atoms with van der Waals surface area (Å²) in [5, 5.41) is 6.38. The lowest BCUT2D eigenvalue weighted by Gasteiger charge is -2.38. The Labute approximate surface area is 184 Å². The fraction of sp³-hybridized carbons (Fsp3) is 0.476. The highest BCUT2D eigenvalue weighted by molar-refractivity contribution is 6.01. The summed E-state index contributed by atoms with van der Waals surface area (Å²) in [5.74, 6) is -0.268. The number of halogens is 2. The summed E-state index contributed by atoms with van der Waals surface area (Å²) < 4.78 is 35.7. The summed E-state index contributed by atoms with van der Waals surface area (Å²) in [4.78, 5) is 22.6. The number of benzene rings is 1. The zero-order valence-corrected chi connectivity index (χ0v) is 17.9. The fourth-order valence-corrected chi connectivity index (χ4v) is 4.49. The maximum Gasteiger partial charge on any atom is 0.215 e. The lowest BCUT2D eigenvalue weighted by Crippen LogP contribution is -2.48. The van der Waals surface area contributed by atoms with Crippen LogP contribution in [0.25, 0.3) is 0 Å². The molecule has 2 aliphatic heterocycles. The van der Waals surface area contributed by atoms with Gasteiger partial charge in [-0.1, -0.05) is 5.16 Å². The summed E-state index contributed by atoms with van der Waals surface area (Å²) in [6, 6.07) is 2.86. The topological polar surface area (TPSA) is 107 Å². The van der Waals surface area contributed by atoms with Crippen LogP contribution in [0.5, 0.6) is 0 Å². The fourth-order valence-electron chi connectivity index (χ4n) is 4.49. The molecular formula is C21H26F2N6O3. The molecule has 1 fully saturated rings. The smallest absolute Gasteiger partial charge is 0.215 e. The predicted octanol–water partition coefficient (Wildman–Crippen LogP) is 1.41. The minimum Gasteiger partial charge on any atom is -0.397 e. The summed E-state index contributed by atoms with van der Waals surface area (Å²) in [6.45, 7) is 4.17. The van der Waals surface area contributed by atoms with Gasteiger partial charge in [-0.3, -0.25) is 9.69 Å². The zero-order valence-electron chi connectivity index (χ0n) is 17.9. The monoisotopic (exact) mass is 448 g/mol. The number of nitrogens with zero attached hydrogens (tertiary/aromatic N) is 4. The highest BCUT2D eigenvalue weighted by Crippen LogP contribution is 2.34. The van der Waals surface area contributed by atoms with Gasteiger partial charge in [0, 0.05) is 37.3 Å². The van der Waals surface area contributed by atoms with Gasteiger partial charge in [-0.2, -0.15) is 0 Å². The molecule has 0 radical (unpaired) electrons. The highest BCUT2D eigenvalue weighted by Gasteiger charge is 2.38. The van der Waals surface area contributed by atoms with E-state index in [1.807, 2.05) is 11.5 Å². The Hall–Kier alpha value is -2.89. The SMILES string of the molecule is CCn1c(/C(=N/OC)NC=O)nc2c1CN(C1CO[C@H](c3cc(F)ccc3F)C(N)C1)C2. The van der Waals surface area contributed by atoms with Crippen molar-refractivity contribution in [3.8, 4) is 0 Å². The first-order chi connectivity index (χ1) is 15.5. The average Bonchev–Trinajstić information content (AvgIpc) is 3.33. The van der Waals surface area contributed by atoms with E-state index >= 15 is 0 Å². The van der Waals surface area contributed by atoms with Gasteiger partial charge >= 0.3 is 0 Å². The summed E-state index contributed by atoms with van der Waals surface area (Å²) in [7, 11) is 1.40. The van der Waals surface area contributed by atoms with E-state index in [0.717, 1.165) is 29.6 Å². The first-order valence-corrected chi connectivity index (χ1v) is 10.4. The summed E-state index contributed by atoms with van der Waals surface area (Å²) in [5.41, 5.74) is 8.37. The van der Waals surface area contributed by atoms with Gasteiger partial charge in [-0.25, -0.2) is 13.8 Å². The van der Waals surface area contributed by atoms with Crippen molar-refractivity contribution in [2.45, 2.75) is 51.2 Å². The van der Waals surface area contributed by atoms with Gasteiger partial charge in [0.15, 0.2) is 5.82 Å². The number of fused-ring (bicyclic) bond motifs is 1. The molecule has 1 amide bonds. The van der Waals surface area contributed by atoms with Crippen LogP contribution < -0.4 is 11.1 Å². The molecule has 4 rings (SSSR count). The van der Waals surface area contributed by atoms with Gasteiger partial charge in [0.05, 0.1) is 18.0 Å². The number of imidazole rings is 1. The van der Waals surface area contributed by atoms with E-state index in [9.17, 15) is 13.6 Å². The minimum absolute atomic E-state index is 0.0149. The van der Waals surface area contributed by atoms with E-state index in [1.54, 1.807) is 0 Å². The molecule has 3 N–H and O–H groups in total. The molecule has 0 bridgehead atoms. The second-order valence-electron chi connectivity index (χ2n) is 7.84. The first kappa shape index (κ1) is 22.3. The number of oxime groups is 1. The van der Waals surface area contributed by atoms with Crippen LogP contribution in [0.2, 0.25) is 0 Å². The van der Waals surface area contributed by atoms with Crippen LogP contribution in [0.4, 0.5) is 8.78 Å². The van der Waals surface area contributed by atoms with E-state index < -0.39 is 23.8 Å². The molecule has 1 saturated heterocycles. The number of hydrogen-bond donors (Lipinski definition) is 2. The standard InChI is InChI=1S/C21H26F2N6O3/c1-3-29-18-9-28(8-17(18)26-21(29)20(25-11-30)27-31-2)13-7-16(24)19(32-10-13)14-6-12(22)4-5-15(14)23/h4-6,11,13,16,19H,3,7-10,24H2,1-2H3,(H,25,27,30)/t13?,16?,19-/m1/s1. The van der Waals surface area contributed by atoms with E-state index in [1.165, 1.54) is 7.11 Å². The molecule has 32 heavy (non-hydrogen) atoms. The quantitative estimate of drug-likeness (QED) is 0.300. The van der Waals surface area contributed by atoms with E-state index in [0.29, 0.717) is 44.9 Å². The highest BCUT2D eigenvalue weighted by atomic mass is 19.1. The number of amidine groups is 1. The second kappa shape index (κ2) is 9.31. The molecule has 1 aromatic carbocycles. The molecule has 3 atom stereocenters. The Morgan fingerprint density at radius 3 is 2.94 bits per heavy atom. The summed E-state index contributed by atoms with van der Waals surface area (Å²) >= 11 is 0. The van der Waals surface area contributed by atoms with Crippen molar-refractivity contribution in [1.82, 2.24) is 19.8 Å². The number of nitrogens with one attached hydrogen (secondary N) is 1. The third-order valence-electron chi connectivity index (χ3n) is 5.95. The molecule has 9 nitrogen and oxygen atoms in total. The number of carbonyl (C=O) groups excluding carboxylic acids is 1. The molecule has 1 aromatic heterocycles. The van der Waals surface area contributed by atoms with Crippen molar-refractivity contribution in [2.75, 3.05) is 13.7 Å². The molecule has 172 valence electrons. The van der Waals surface area contributed by atoms with Crippen LogP contribution in [0.15, 0.2) is 23.4 Å². The third kappa shape index (κ3) is 4.10. The molecule has 2 unspecified atom stereocenters. The van der Waals surface area contributed by atoms with Crippen molar-refractivity contribution in [3.05, 3.63) is 52.6 Å². The molecular weight excluding hydrogens is 422 g/mol. The van der Waals surface area contributed by atoms with Crippen molar-refractivity contribution in [2.24, 2.45) is 10.9 Å². The predicted molar refractivity (Wildman–Crippen MR) is 111 cm³/mol. The van der Waals surface area contributed by atoms with Crippen molar-refractivity contribution < 1.29 is 23.1 Å². The maximum absolute atomic E-state index is 14.2. The average molecular weight is 448 g/mol.